The zero-order valence-electron chi connectivity index (χ0n) is 9.52. The molecule has 0 aromatic carbocycles. The first-order chi connectivity index (χ1) is 8.49. The SMILES string of the molecule is COc1cc([N+](=O)[O-])c(/C=C/[N+](=O)[O-])nc1OC. The molecule has 18 heavy (non-hydrogen) atoms. The molecule has 9 heteroatoms. The van der Waals surface area contributed by atoms with Crippen LogP contribution in [-0.4, -0.2) is 29.1 Å². The third-order valence-electron chi connectivity index (χ3n) is 1.93. The third-order valence-corrected chi connectivity index (χ3v) is 1.93. The van der Waals surface area contributed by atoms with E-state index in [1.165, 1.54) is 14.2 Å². The number of ether oxygens (including phenoxy) is 2. The monoisotopic (exact) mass is 255 g/mol. The van der Waals surface area contributed by atoms with Crippen LogP contribution in [0.5, 0.6) is 11.6 Å². The van der Waals surface area contributed by atoms with Crippen molar-refractivity contribution in [1.82, 2.24) is 4.98 Å². The van der Waals surface area contributed by atoms with E-state index in [9.17, 15) is 20.2 Å². The van der Waals surface area contributed by atoms with Crippen molar-refractivity contribution in [3.05, 3.63) is 38.2 Å². The van der Waals surface area contributed by atoms with Gasteiger partial charge in [0.15, 0.2) is 11.4 Å². The van der Waals surface area contributed by atoms with E-state index in [2.05, 4.69) is 4.98 Å². The number of nitrogens with zero attached hydrogens (tertiary/aromatic N) is 3. The smallest absolute Gasteiger partial charge is 0.299 e. The standard InChI is InChI=1S/C9H9N3O6/c1-17-8-5-7(12(15)16)6(3-4-11(13)14)10-9(8)18-2/h3-5H,1-2H3/b4-3+. The van der Waals surface area contributed by atoms with Crippen LogP contribution in [0.4, 0.5) is 5.69 Å². The van der Waals surface area contributed by atoms with Gasteiger partial charge in [-0.2, -0.15) is 0 Å². The lowest BCUT2D eigenvalue weighted by atomic mass is 10.2. The second-order valence-corrected chi connectivity index (χ2v) is 2.96. The topological polar surface area (TPSA) is 118 Å². The Morgan fingerprint density at radius 3 is 2.39 bits per heavy atom. The summed E-state index contributed by atoms with van der Waals surface area (Å²) in [4.78, 5) is 23.3. The lowest BCUT2D eigenvalue weighted by Crippen LogP contribution is -2.00. The molecule has 0 aliphatic carbocycles. The number of nitro groups is 2. The molecule has 1 heterocycles. The van der Waals surface area contributed by atoms with E-state index >= 15 is 0 Å². The minimum absolute atomic E-state index is 0.00565. The molecule has 0 saturated heterocycles. The predicted octanol–water partition coefficient (Wildman–Crippen LogP) is 1.25. The highest BCUT2D eigenvalue weighted by Gasteiger charge is 2.20. The molecule has 0 saturated carbocycles. The summed E-state index contributed by atoms with van der Waals surface area (Å²) >= 11 is 0. The van der Waals surface area contributed by atoms with Crippen molar-refractivity contribution in [2.75, 3.05) is 14.2 Å². The van der Waals surface area contributed by atoms with E-state index in [1.807, 2.05) is 0 Å². The van der Waals surface area contributed by atoms with Crippen LogP contribution in [0.15, 0.2) is 12.3 Å². The first kappa shape index (κ1) is 13.4. The highest BCUT2D eigenvalue weighted by Crippen LogP contribution is 2.31. The minimum atomic E-state index is -0.748. The van der Waals surface area contributed by atoms with Crippen LogP contribution in [0.1, 0.15) is 5.69 Å². The summed E-state index contributed by atoms with van der Waals surface area (Å²) in [5, 5.41) is 21.0. The molecular formula is C9H9N3O6. The maximum absolute atomic E-state index is 10.8. The summed E-state index contributed by atoms with van der Waals surface area (Å²) in [7, 11) is 2.60. The van der Waals surface area contributed by atoms with Crippen molar-refractivity contribution in [3.63, 3.8) is 0 Å². The Hall–Kier alpha value is -2.71. The van der Waals surface area contributed by atoms with Crippen LogP contribution in [0.3, 0.4) is 0 Å². The maximum Gasteiger partial charge on any atom is 0.299 e. The van der Waals surface area contributed by atoms with Crippen LogP contribution in [0.2, 0.25) is 0 Å². The highest BCUT2D eigenvalue weighted by atomic mass is 16.6. The van der Waals surface area contributed by atoms with Gasteiger partial charge in [-0.15, -0.1) is 0 Å². The van der Waals surface area contributed by atoms with E-state index in [-0.39, 0.29) is 17.3 Å². The molecule has 1 aromatic rings. The summed E-state index contributed by atoms with van der Waals surface area (Å²) < 4.78 is 9.71. The minimum Gasteiger partial charge on any atom is -0.491 e. The van der Waals surface area contributed by atoms with Gasteiger partial charge in [0.1, 0.15) is 0 Å². The van der Waals surface area contributed by atoms with Crippen LogP contribution < -0.4 is 9.47 Å². The van der Waals surface area contributed by atoms with Gasteiger partial charge in [-0.1, -0.05) is 0 Å². The van der Waals surface area contributed by atoms with Crippen molar-refractivity contribution in [2.45, 2.75) is 0 Å². The van der Waals surface area contributed by atoms with Crippen molar-refractivity contribution < 1.29 is 19.3 Å². The number of rotatable bonds is 5. The molecule has 9 nitrogen and oxygen atoms in total. The van der Waals surface area contributed by atoms with Gasteiger partial charge in [0.2, 0.25) is 6.20 Å². The van der Waals surface area contributed by atoms with Crippen LogP contribution in [-0.2, 0) is 0 Å². The van der Waals surface area contributed by atoms with Crippen molar-refractivity contribution >= 4 is 11.8 Å². The Morgan fingerprint density at radius 1 is 1.28 bits per heavy atom. The first-order valence-corrected chi connectivity index (χ1v) is 4.58. The van der Waals surface area contributed by atoms with Crippen LogP contribution >= 0.6 is 0 Å². The third kappa shape index (κ3) is 2.90. The fourth-order valence-corrected chi connectivity index (χ4v) is 1.17. The van der Waals surface area contributed by atoms with Crippen LogP contribution in [0, 0.1) is 20.2 Å². The van der Waals surface area contributed by atoms with Gasteiger partial charge in [-0.3, -0.25) is 20.2 Å². The van der Waals surface area contributed by atoms with E-state index in [0.29, 0.717) is 6.20 Å². The number of hydrogen-bond acceptors (Lipinski definition) is 7. The lowest BCUT2D eigenvalue weighted by Gasteiger charge is -2.06. The van der Waals surface area contributed by atoms with Crippen molar-refractivity contribution in [3.8, 4) is 11.6 Å². The molecule has 0 unspecified atom stereocenters. The lowest BCUT2D eigenvalue weighted by molar-refractivity contribution is -0.401. The summed E-state index contributed by atoms with van der Waals surface area (Å²) in [6, 6.07) is 1.09. The summed E-state index contributed by atoms with van der Waals surface area (Å²) in [5.74, 6) is 0.0774. The van der Waals surface area contributed by atoms with Crippen molar-refractivity contribution in [2.24, 2.45) is 0 Å². The van der Waals surface area contributed by atoms with Gasteiger partial charge in [0.05, 0.1) is 30.1 Å². The van der Waals surface area contributed by atoms with Crippen molar-refractivity contribution in [1.29, 1.82) is 0 Å². The van der Waals surface area contributed by atoms with Gasteiger partial charge < -0.3 is 9.47 Å². The average Bonchev–Trinajstić information content (AvgIpc) is 2.34. The molecule has 0 amide bonds. The molecule has 0 N–H and O–H groups in total. The largest absolute Gasteiger partial charge is 0.491 e. The number of methoxy groups -OCH3 is 2. The molecule has 0 atom stereocenters. The van der Waals surface area contributed by atoms with E-state index in [1.54, 1.807) is 0 Å². The number of aromatic nitrogens is 1. The van der Waals surface area contributed by atoms with Gasteiger partial charge in [-0.25, -0.2) is 4.98 Å². The van der Waals surface area contributed by atoms with E-state index in [0.717, 1.165) is 12.1 Å². The summed E-state index contributed by atoms with van der Waals surface area (Å²) in [6.45, 7) is 0. The fraction of sp³-hybridized carbons (Fsp3) is 0.222. The van der Waals surface area contributed by atoms with E-state index < -0.39 is 15.5 Å². The molecule has 0 aliphatic rings. The zero-order valence-corrected chi connectivity index (χ0v) is 9.52. The maximum atomic E-state index is 10.8. The normalized spacial score (nSPS) is 10.3. The Balaban J connectivity index is 3.37. The zero-order chi connectivity index (χ0) is 13.7. The molecule has 0 aliphatic heterocycles. The molecule has 0 fully saturated rings. The quantitative estimate of drug-likeness (QED) is 0.573. The summed E-state index contributed by atoms with van der Waals surface area (Å²) in [5.41, 5.74) is -0.597. The van der Waals surface area contributed by atoms with Gasteiger partial charge >= 0.3 is 0 Å². The highest BCUT2D eigenvalue weighted by molar-refractivity contribution is 5.60. The average molecular weight is 255 g/mol. The Morgan fingerprint density at radius 2 is 1.94 bits per heavy atom. The van der Waals surface area contributed by atoms with Crippen LogP contribution in [0.25, 0.3) is 6.08 Å². The number of hydrogen-bond donors (Lipinski definition) is 0. The Bertz CT molecular complexity index is 513. The predicted molar refractivity (Wildman–Crippen MR) is 60.0 cm³/mol. The second-order valence-electron chi connectivity index (χ2n) is 2.96. The molecule has 0 radical (unpaired) electrons. The van der Waals surface area contributed by atoms with Gasteiger partial charge in [-0.05, 0) is 0 Å². The van der Waals surface area contributed by atoms with E-state index in [4.69, 9.17) is 9.47 Å². The molecule has 0 spiro atoms. The first-order valence-electron chi connectivity index (χ1n) is 4.58. The second kappa shape index (κ2) is 5.57. The van der Waals surface area contributed by atoms with Gasteiger partial charge in [0.25, 0.3) is 11.6 Å². The fourth-order valence-electron chi connectivity index (χ4n) is 1.17. The molecule has 0 bridgehead atoms. The van der Waals surface area contributed by atoms with Gasteiger partial charge in [0, 0.05) is 6.08 Å². The Kier molecular flexibility index (Phi) is 4.13. The molecular weight excluding hydrogens is 246 g/mol. The molecule has 96 valence electrons. The number of pyridine rings is 1. The molecule has 1 rings (SSSR count). The summed E-state index contributed by atoms with van der Waals surface area (Å²) in [6.07, 6.45) is 1.47. The molecule has 1 aromatic heterocycles. The Labute approximate surface area is 101 Å².